The molecule has 1 N–H and O–H groups in total. The Balaban J connectivity index is 1.42. The van der Waals surface area contributed by atoms with Crippen LogP contribution in [-0.2, 0) is 0 Å². The van der Waals surface area contributed by atoms with E-state index in [1.54, 1.807) is 12.3 Å². The van der Waals surface area contributed by atoms with Gasteiger partial charge in [0.15, 0.2) is 0 Å². The van der Waals surface area contributed by atoms with Crippen molar-refractivity contribution in [2.45, 2.75) is 38.5 Å². The SMILES string of the molecule is O=C(NCC12CC3CC(CC(C3)C1)C2)c1ccc(Br)cn1. The Hall–Kier alpha value is -0.900. The van der Waals surface area contributed by atoms with Crippen molar-refractivity contribution >= 4 is 21.8 Å². The molecule has 0 unspecified atom stereocenters. The molecule has 0 aromatic carbocycles. The number of hydrogen-bond acceptors (Lipinski definition) is 2. The summed E-state index contributed by atoms with van der Waals surface area (Å²) in [7, 11) is 0. The summed E-state index contributed by atoms with van der Waals surface area (Å²) in [6.45, 7) is 0.840. The second-order valence-corrected chi connectivity index (χ2v) is 8.38. The summed E-state index contributed by atoms with van der Waals surface area (Å²) in [5.74, 6) is 2.76. The molecule has 21 heavy (non-hydrogen) atoms. The summed E-state index contributed by atoms with van der Waals surface area (Å²) in [5, 5.41) is 3.16. The molecule has 4 aliphatic carbocycles. The number of rotatable bonds is 3. The molecule has 1 aromatic rings. The lowest BCUT2D eigenvalue weighted by Crippen LogP contribution is -2.51. The van der Waals surface area contributed by atoms with Crippen LogP contribution in [0.5, 0.6) is 0 Å². The first-order chi connectivity index (χ1) is 10.1. The molecule has 4 bridgehead atoms. The number of halogens is 1. The highest BCUT2D eigenvalue weighted by molar-refractivity contribution is 9.10. The van der Waals surface area contributed by atoms with Crippen LogP contribution in [0.25, 0.3) is 0 Å². The van der Waals surface area contributed by atoms with Gasteiger partial charge in [0.25, 0.3) is 5.91 Å². The van der Waals surface area contributed by atoms with Crippen LogP contribution in [-0.4, -0.2) is 17.4 Å². The number of carbonyl (C=O) groups excluding carboxylic acids is 1. The van der Waals surface area contributed by atoms with Crippen LogP contribution < -0.4 is 5.32 Å². The third-order valence-corrected chi connectivity index (χ3v) is 6.22. The third kappa shape index (κ3) is 2.63. The summed E-state index contributed by atoms with van der Waals surface area (Å²) in [6.07, 6.45) is 10.00. The van der Waals surface area contributed by atoms with Crippen molar-refractivity contribution < 1.29 is 4.79 Å². The van der Waals surface area contributed by atoms with E-state index in [1.807, 2.05) is 6.07 Å². The van der Waals surface area contributed by atoms with Crippen molar-refractivity contribution in [3.8, 4) is 0 Å². The summed E-state index contributed by atoms with van der Waals surface area (Å²) >= 11 is 3.35. The molecule has 4 aliphatic rings. The zero-order valence-corrected chi connectivity index (χ0v) is 13.7. The molecule has 0 radical (unpaired) electrons. The summed E-state index contributed by atoms with van der Waals surface area (Å²) in [5.41, 5.74) is 0.905. The standard InChI is InChI=1S/C17H21BrN2O/c18-14-1-2-15(19-9-14)16(21)20-10-17-6-11-3-12(7-17)5-13(4-11)8-17/h1-2,9,11-13H,3-8,10H2,(H,20,21). The predicted octanol–water partition coefficient (Wildman–Crippen LogP) is 3.79. The van der Waals surface area contributed by atoms with Crippen LogP contribution in [0.3, 0.4) is 0 Å². The van der Waals surface area contributed by atoms with Gasteiger partial charge in [-0.15, -0.1) is 0 Å². The average molecular weight is 349 g/mol. The van der Waals surface area contributed by atoms with Crippen molar-refractivity contribution in [1.82, 2.24) is 10.3 Å². The molecule has 3 nitrogen and oxygen atoms in total. The molecular formula is C17H21BrN2O. The van der Waals surface area contributed by atoms with Gasteiger partial charge in [-0.2, -0.15) is 0 Å². The van der Waals surface area contributed by atoms with Crippen LogP contribution in [0, 0.1) is 23.2 Å². The number of hydrogen-bond donors (Lipinski definition) is 1. The maximum absolute atomic E-state index is 12.3. The van der Waals surface area contributed by atoms with Crippen molar-refractivity contribution in [1.29, 1.82) is 0 Å². The Bertz CT molecular complexity index is 519. The van der Waals surface area contributed by atoms with E-state index in [9.17, 15) is 4.79 Å². The van der Waals surface area contributed by atoms with E-state index < -0.39 is 0 Å². The fourth-order valence-corrected chi connectivity index (χ4v) is 5.61. The lowest BCUT2D eigenvalue weighted by atomic mass is 9.49. The molecule has 4 fully saturated rings. The molecule has 1 amide bonds. The van der Waals surface area contributed by atoms with Gasteiger partial charge in [-0.25, -0.2) is 4.98 Å². The monoisotopic (exact) mass is 348 g/mol. The fraction of sp³-hybridized carbons (Fsp3) is 0.647. The van der Waals surface area contributed by atoms with Gasteiger partial charge in [-0.05, 0) is 89.8 Å². The van der Waals surface area contributed by atoms with E-state index in [4.69, 9.17) is 0 Å². The first-order valence-corrected chi connectivity index (χ1v) is 8.81. The topological polar surface area (TPSA) is 42.0 Å². The summed E-state index contributed by atoms with van der Waals surface area (Å²) in [4.78, 5) is 16.4. The van der Waals surface area contributed by atoms with E-state index in [2.05, 4.69) is 26.2 Å². The highest BCUT2D eigenvalue weighted by Crippen LogP contribution is 2.59. The van der Waals surface area contributed by atoms with E-state index in [-0.39, 0.29) is 5.91 Å². The van der Waals surface area contributed by atoms with E-state index >= 15 is 0 Å². The summed E-state index contributed by atoms with van der Waals surface area (Å²) < 4.78 is 0.903. The lowest BCUT2D eigenvalue weighted by molar-refractivity contribution is -0.0503. The van der Waals surface area contributed by atoms with Crippen molar-refractivity contribution in [3.05, 3.63) is 28.5 Å². The van der Waals surface area contributed by atoms with Crippen LogP contribution in [0.1, 0.15) is 49.0 Å². The molecule has 112 valence electrons. The van der Waals surface area contributed by atoms with Gasteiger partial charge in [-0.1, -0.05) is 0 Å². The zero-order valence-electron chi connectivity index (χ0n) is 12.1. The molecular weight excluding hydrogens is 328 g/mol. The largest absolute Gasteiger partial charge is 0.350 e. The average Bonchev–Trinajstić information content (AvgIpc) is 2.44. The van der Waals surface area contributed by atoms with Crippen LogP contribution >= 0.6 is 15.9 Å². The molecule has 0 aliphatic heterocycles. The van der Waals surface area contributed by atoms with Crippen molar-refractivity contribution in [2.24, 2.45) is 23.2 Å². The minimum absolute atomic E-state index is 0.0294. The number of pyridine rings is 1. The first kappa shape index (κ1) is 13.7. The van der Waals surface area contributed by atoms with E-state index in [0.29, 0.717) is 11.1 Å². The van der Waals surface area contributed by atoms with Crippen LogP contribution in [0.2, 0.25) is 0 Å². The Labute approximate surface area is 134 Å². The molecule has 4 saturated carbocycles. The van der Waals surface area contributed by atoms with Gasteiger partial charge < -0.3 is 5.32 Å². The maximum atomic E-state index is 12.3. The van der Waals surface area contributed by atoms with Gasteiger partial charge in [0, 0.05) is 17.2 Å². The lowest BCUT2D eigenvalue weighted by Gasteiger charge is -2.56. The molecule has 4 heteroatoms. The third-order valence-electron chi connectivity index (χ3n) is 5.75. The van der Waals surface area contributed by atoms with E-state index in [0.717, 1.165) is 28.8 Å². The first-order valence-electron chi connectivity index (χ1n) is 8.02. The molecule has 0 spiro atoms. The number of carbonyl (C=O) groups is 1. The predicted molar refractivity (Wildman–Crippen MR) is 84.9 cm³/mol. The highest BCUT2D eigenvalue weighted by Gasteiger charge is 2.50. The smallest absolute Gasteiger partial charge is 0.269 e. The quantitative estimate of drug-likeness (QED) is 0.902. The Morgan fingerprint density at radius 1 is 1.19 bits per heavy atom. The van der Waals surface area contributed by atoms with Gasteiger partial charge in [-0.3, -0.25) is 4.79 Å². The zero-order chi connectivity index (χ0) is 14.4. The maximum Gasteiger partial charge on any atom is 0.269 e. The molecule has 5 rings (SSSR count). The normalized spacial score (nSPS) is 36.7. The second-order valence-electron chi connectivity index (χ2n) is 7.46. The minimum Gasteiger partial charge on any atom is -0.350 e. The van der Waals surface area contributed by atoms with Gasteiger partial charge >= 0.3 is 0 Å². The molecule has 0 atom stereocenters. The highest BCUT2D eigenvalue weighted by atomic mass is 79.9. The number of nitrogens with one attached hydrogen (secondary N) is 1. The van der Waals surface area contributed by atoms with Crippen LogP contribution in [0.4, 0.5) is 0 Å². The Kier molecular flexibility index (Phi) is 3.32. The number of amides is 1. The van der Waals surface area contributed by atoms with Gasteiger partial charge in [0.1, 0.15) is 5.69 Å². The molecule has 1 aromatic heterocycles. The van der Waals surface area contributed by atoms with Crippen molar-refractivity contribution in [2.75, 3.05) is 6.54 Å². The van der Waals surface area contributed by atoms with E-state index in [1.165, 1.54) is 38.5 Å². The van der Waals surface area contributed by atoms with Gasteiger partial charge in [0.05, 0.1) is 0 Å². The fourth-order valence-electron chi connectivity index (χ4n) is 5.37. The number of nitrogens with zero attached hydrogens (tertiary/aromatic N) is 1. The Morgan fingerprint density at radius 2 is 1.81 bits per heavy atom. The van der Waals surface area contributed by atoms with Crippen molar-refractivity contribution in [3.63, 3.8) is 0 Å². The molecule has 0 saturated heterocycles. The van der Waals surface area contributed by atoms with Crippen LogP contribution in [0.15, 0.2) is 22.8 Å². The van der Waals surface area contributed by atoms with Gasteiger partial charge in [0.2, 0.25) is 0 Å². The Morgan fingerprint density at radius 3 is 2.33 bits per heavy atom. The number of aromatic nitrogens is 1. The second kappa shape index (κ2) is 5.08. The molecule has 1 heterocycles. The minimum atomic E-state index is -0.0294. The summed E-state index contributed by atoms with van der Waals surface area (Å²) in [6, 6.07) is 3.64.